The Bertz CT molecular complexity index is 312. The highest BCUT2D eigenvalue weighted by molar-refractivity contribution is 5.79. The molecular weight excluding hydrogens is 224 g/mol. The third-order valence-electron chi connectivity index (χ3n) is 5.36. The molecule has 0 bridgehead atoms. The minimum absolute atomic E-state index is 0.340. The first-order chi connectivity index (χ1) is 8.74. The van der Waals surface area contributed by atoms with Crippen LogP contribution in [0.1, 0.15) is 51.4 Å². The molecule has 0 aromatic carbocycles. The molecule has 3 aliphatic rings. The average Bonchev–Trinajstić information content (AvgIpc) is 2.81. The fourth-order valence-corrected chi connectivity index (χ4v) is 4.26. The standard InChI is InChI=1S/C15H26N2O/c16-14-7-6-12-9-17(10-13(12)8-14)15(18)11-4-2-1-3-5-11/h11-14H,1-10,16H2/t12-,13+,14?/m1/s1. The highest BCUT2D eigenvalue weighted by Gasteiger charge is 2.40. The van der Waals surface area contributed by atoms with Gasteiger partial charge in [0.2, 0.25) is 5.91 Å². The van der Waals surface area contributed by atoms with E-state index in [1.54, 1.807) is 0 Å². The summed E-state index contributed by atoms with van der Waals surface area (Å²) in [6, 6.07) is 0.385. The largest absolute Gasteiger partial charge is 0.342 e. The zero-order valence-corrected chi connectivity index (χ0v) is 11.3. The second kappa shape index (κ2) is 5.20. The Labute approximate surface area is 110 Å². The molecule has 102 valence electrons. The highest BCUT2D eigenvalue weighted by atomic mass is 16.2. The third-order valence-corrected chi connectivity index (χ3v) is 5.36. The van der Waals surface area contributed by atoms with Crippen molar-refractivity contribution in [1.29, 1.82) is 0 Å². The van der Waals surface area contributed by atoms with Crippen molar-refractivity contribution in [1.82, 2.24) is 4.90 Å². The van der Waals surface area contributed by atoms with E-state index in [0.717, 1.165) is 44.7 Å². The molecule has 2 saturated carbocycles. The molecule has 18 heavy (non-hydrogen) atoms. The van der Waals surface area contributed by atoms with Gasteiger partial charge < -0.3 is 10.6 Å². The van der Waals surface area contributed by atoms with Gasteiger partial charge in [0.25, 0.3) is 0 Å². The van der Waals surface area contributed by atoms with Crippen molar-refractivity contribution in [3.05, 3.63) is 0 Å². The van der Waals surface area contributed by atoms with E-state index in [1.165, 1.54) is 25.7 Å². The lowest BCUT2D eigenvalue weighted by Gasteiger charge is -2.27. The van der Waals surface area contributed by atoms with Crippen molar-refractivity contribution in [3.63, 3.8) is 0 Å². The van der Waals surface area contributed by atoms with Gasteiger partial charge in [0.15, 0.2) is 0 Å². The Balaban J connectivity index is 1.59. The molecule has 0 spiro atoms. The van der Waals surface area contributed by atoms with Crippen LogP contribution in [0.15, 0.2) is 0 Å². The summed E-state index contributed by atoms with van der Waals surface area (Å²) in [7, 11) is 0. The second-order valence-corrected chi connectivity index (χ2v) is 6.67. The van der Waals surface area contributed by atoms with Gasteiger partial charge in [0.05, 0.1) is 0 Å². The van der Waals surface area contributed by atoms with Crippen LogP contribution in [-0.4, -0.2) is 29.9 Å². The minimum Gasteiger partial charge on any atom is -0.342 e. The number of hydrogen-bond donors (Lipinski definition) is 1. The van der Waals surface area contributed by atoms with E-state index in [0.29, 0.717) is 23.8 Å². The summed E-state index contributed by atoms with van der Waals surface area (Å²) < 4.78 is 0. The van der Waals surface area contributed by atoms with Crippen LogP contribution < -0.4 is 5.73 Å². The molecule has 3 heteroatoms. The van der Waals surface area contributed by atoms with Crippen molar-refractivity contribution < 1.29 is 4.79 Å². The molecule has 2 N–H and O–H groups in total. The Morgan fingerprint density at radius 2 is 1.67 bits per heavy atom. The maximum absolute atomic E-state index is 12.5. The number of nitrogens with two attached hydrogens (primary N) is 1. The predicted octanol–water partition coefficient (Wildman–Crippen LogP) is 2.15. The van der Waals surface area contributed by atoms with Gasteiger partial charge in [-0.2, -0.15) is 0 Å². The van der Waals surface area contributed by atoms with Gasteiger partial charge in [-0.05, 0) is 43.9 Å². The van der Waals surface area contributed by atoms with Crippen molar-refractivity contribution >= 4 is 5.91 Å². The number of hydrogen-bond acceptors (Lipinski definition) is 2. The lowest BCUT2D eigenvalue weighted by atomic mass is 9.79. The average molecular weight is 250 g/mol. The van der Waals surface area contributed by atoms with Crippen LogP contribution in [0.2, 0.25) is 0 Å². The van der Waals surface area contributed by atoms with Crippen LogP contribution in [0, 0.1) is 17.8 Å². The van der Waals surface area contributed by atoms with Gasteiger partial charge >= 0.3 is 0 Å². The van der Waals surface area contributed by atoms with Crippen LogP contribution in [-0.2, 0) is 4.79 Å². The number of nitrogens with zero attached hydrogens (tertiary/aromatic N) is 1. The molecule has 0 aromatic heterocycles. The second-order valence-electron chi connectivity index (χ2n) is 6.67. The number of amides is 1. The Hall–Kier alpha value is -0.570. The molecule has 2 aliphatic carbocycles. The summed E-state index contributed by atoms with van der Waals surface area (Å²) in [5.41, 5.74) is 6.05. The Morgan fingerprint density at radius 1 is 0.944 bits per heavy atom. The summed E-state index contributed by atoms with van der Waals surface area (Å²) >= 11 is 0. The molecule has 1 aliphatic heterocycles. The Morgan fingerprint density at radius 3 is 2.44 bits per heavy atom. The molecule has 3 rings (SSSR count). The quantitative estimate of drug-likeness (QED) is 0.775. The molecule has 0 aromatic rings. The lowest BCUT2D eigenvalue weighted by Crippen LogP contribution is -2.35. The van der Waals surface area contributed by atoms with Gasteiger partial charge in [0, 0.05) is 25.0 Å². The molecule has 3 nitrogen and oxygen atoms in total. The summed E-state index contributed by atoms with van der Waals surface area (Å²) in [6.07, 6.45) is 9.62. The van der Waals surface area contributed by atoms with Crippen molar-refractivity contribution in [2.24, 2.45) is 23.5 Å². The van der Waals surface area contributed by atoms with E-state index in [9.17, 15) is 4.79 Å². The molecule has 1 saturated heterocycles. The summed E-state index contributed by atoms with van der Waals surface area (Å²) in [4.78, 5) is 14.7. The summed E-state index contributed by atoms with van der Waals surface area (Å²) in [5.74, 6) is 2.24. The van der Waals surface area contributed by atoms with Crippen LogP contribution in [0.4, 0.5) is 0 Å². The van der Waals surface area contributed by atoms with Crippen LogP contribution >= 0.6 is 0 Å². The number of carbonyl (C=O) groups excluding carboxylic acids is 1. The number of rotatable bonds is 1. The van der Waals surface area contributed by atoms with Gasteiger partial charge in [-0.1, -0.05) is 19.3 Å². The fraction of sp³-hybridized carbons (Fsp3) is 0.933. The maximum Gasteiger partial charge on any atom is 0.225 e. The molecule has 1 amide bonds. The topological polar surface area (TPSA) is 46.3 Å². The smallest absolute Gasteiger partial charge is 0.225 e. The first-order valence-electron chi connectivity index (χ1n) is 7.78. The van der Waals surface area contributed by atoms with Gasteiger partial charge in [-0.15, -0.1) is 0 Å². The zero-order valence-electron chi connectivity index (χ0n) is 11.3. The van der Waals surface area contributed by atoms with E-state index < -0.39 is 0 Å². The normalized spacial score (nSPS) is 37.6. The highest BCUT2D eigenvalue weighted by Crippen LogP contribution is 2.37. The first-order valence-corrected chi connectivity index (χ1v) is 7.78. The first kappa shape index (κ1) is 12.5. The van der Waals surface area contributed by atoms with Crippen LogP contribution in [0.3, 0.4) is 0 Å². The SMILES string of the molecule is NC1CC[C@@H]2CN(C(=O)C3CCCCC3)C[C@@H]2C1. The molecular formula is C15H26N2O. The lowest BCUT2D eigenvalue weighted by molar-refractivity contribution is -0.135. The third kappa shape index (κ3) is 2.42. The molecule has 1 heterocycles. The number of carbonyl (C=O) groups is 1. The number of likely N-dealkylation sites (tertiary alicyclic amines) is 1. The van der Waals surface area contributed by atoms with Crippen molar-refractivity contribution in [2.45, 2.75) is 57.4 Å². The van der Waals surface area contributed by atoms with E-state index in [4.69, 9.17) is 5.73 Å². The van der Waals surface area contributed by atoms with E-state index in [1.807, 2.05) is 0 Å². The monoisotopic (exact) mass is 250 g/mol. The van der Waals surface area contributed by atoms with Gasteiger partial charge in [-0.3, -0.25) is 4.79 Å². The molecule has 0 radical (unpaired) electrons. The predicted molar refractivity (Wildman–Crippen MR) is 72.0 cm³/mol. The Kier molecular flexibility index (Phi) is 3.60. The minimum atomic E-state index is 0.340. The van der Waals surface area contributed by atoms with Crippen LogP contribution in [0.5, 0.6) is 0 Å². The van der Waals surface area contributed by atoms with Crippen LogP contribution in [0.25, 0.3) is 0 Å². The van der Waals surface area contributed by atoms with Crippen molar-refractivity contribution in [3.8, 4) is 0 Å². The van der Waals surface area contributed by atoms with Gasteiger partial charge in [-0.25, -0.2) is 0 Å². The summed E-state index contributed by atoms with van der Waals surface area (Å²) in [6.45, 7) is 2.01. The van der Waals surface area contributed by atoms with E-state index in [-0.39, 0.29) is 0 Å². The zero-order chi connectivity index (χ0) is 12.5. The van der Waals surface area contributed by atoms with E-state index in [2.05, 4.69) is 4.90 Å². The number of fused-ring (bicyclic) bond motifs is 1. The molecule has 3 atom stereocenters. The van der Waals surface area contributed by atoms with Crippen molar-refractivity contribution in [2.75, 3.05) is 13.1 Å². The van der Waals surface area contributed by atoms with E-state index >= 15 is 0 Å². The van der Waals surface area contributed by atoms with Gasteiger partial charge in [0.1, 0.15) is 0 Å². The molecule has 1 unspecified atom stereocenters. The maximum atomic E-state index is 12.5. The summed E-state index contributed by atoms with van der Waals surface area (Å²) in [5, 5.41) is 0. The fourth-order valence-electron chi connectivity index (χ4n) is 4.26. The molecule has 3 fully saturated rings.